The van der Waals surface area contributed by atoms with E-state index < -0.39 is 15.8 Å². The molecule has 2 aromatic carbocycles. The molecular formula is C18H18ClFN2O3S. The first kappa shape index (κ1) is 18.7. The molecule has 1 N–H and O–H groups in total. The van der Waals surface area contributed by atoms with Crippen molar-refractivity contribution in [2.45, 2.75) is 24.2 Å². The second-order valence-electron chi connectivity index (χ2n) is 6.12. The predicted octanol–water partition coefficient (Wildman–Crippen LogP) is 3.91. The Morgan fingerprint density at radius 2 is 1.81 bits per heavy atom. The van der Waals surface area contributed by atoms with Gasteiger partial charge in [-0.2, -0.15) is 0 Å². The summed E-state index contributed by atoms with van der Waals surface area (Å²) in [6.45, 7) is 1.37. The van der Waals surface area contributed by atoms with Crippen molar-refractivity contribution in [2.75, 3.05) is 17.8 Å². The number of carbonyl (C=O) groups excluding carboxylic acids is 1. The second kappa shape index (κ2) is 7.63. The molecule has 2 aromatic rings. The van der Waals surface area contributed by atoms with Gasteiger partial charge in [0.2, 0.25) is 0 Å². The lowest BCUT2D eigenvalue weighted by molar-refractivity contribution is 0.0724. The molecule has 0 atom stereocenters. The molecule has 3 rings (SSSR count). The molecule has 26 heavy (non-hydrogen) atoms. The number of piperidine rings is 1. The maximum Gasteiger partial charge on any atom is 0.261 e. The van der Waals surface area contributed by atoms with Crippen LogP contribution in [0.25, 0.3) is 0 Å². The van der Waals surface area contributed by atoms with E-state index in [1.807, 2.05) is 0 Å². The maximum atomic E-state index is 13.2. The highest BCUT2D eigenvalue weighted by molar-refractivity contribution is 7.92. The Labute approximate surface area is 156 Å². The summed E-state index contributed by atoms with van der Waals surface area (Å²) < 4.78 is 40.7. The van der Waals surface area contributed by atoms with Gasteiger partial charge in [-0.3, -0.25) is 9.52 Å². The van der Waals surface area contributed by atoms with Crippen LogP contribution in [0.4, 0.5) is 10.1 Å². The monoisotopic (exact) mass is 396 g/mol. The number of benzene rings is 2. The van der Waals surface area contributed by atoms with E-state index in [1.165, 1.54) is 30.3 Å². The maximum absolute atomic E-state index is 13.2. The number of nitrogens with zero attached hydrogens (tertiary/aromatic N) is 1. The standard InChI is InChI=1S/C18H18ClFN2O3S/c19-16-12-14(7-8-17(16)20)21-26(24,25)15-6-4-5-13(11-15)18(23)22-9-2-1-3-10-22/h4-8,11-12,21H,1-3,9-10H2. The molecule has 8 heteroatoms. The van der Waals surface area contributed by atoms with E-state index in [0.717, 1.165) is 25.3 Å². The SMILES string of the molecule is O=C(c1cccc(S(=O)(=O)Nc2ccc(F)c(Cl)c2)c1)N1CCCCC1. The summed E-state index contributed by atoms with van der Waals surface area (Å²) in [5, 5.41) is -0.181. The van der Waals surface area contributed by atoms with Gasteiger partial charge in [0.05, 0.1) is 15.6 Å². The molecule has 1 fully saturated rings. The highest BCUT2D eigenvalue weighted by atomic mass is 35.5. The van der Waals surface area contributed by atoms with Gasteiger partial charge in [-0.05, 0) is 55.7 Å². The fourth-order valence-corrected chi connectivity index (χ4v) is 4.13. The molecule has 1 saturated heterocycles. The van der Waals surface area contributed by atoms with Gasteiger partial charge in [-0.1, -0.05) is 17.7 Å². The van der Waals surface area contributed by atoms with E-state index in [9.17, 15) is 17.6 Å². The quantitative estimate of drug-likeness (QED) is 0.852. The number of anilines is 1. The van der Waals surface area contributed by atoms with E-state index in [4.69, 9.17) is 11.6 Å². The molecule has 0 unspecified atom stereocenters. The minimum absolute atomic E-state index is 0.0409. The smallest absolute Gasteiger partial charge is 0.261 e. The summed E-state index contributed by atoms with van der Waals surface area (Å²) in [7, 11) is -3.93. The fraction of sp³-hybridized carbons (Fsp3) is 0.278. The summed E-state index contributed by atoms with van der Waals surface area (Å²) in [6, 6.07) is 9.44. The number of halogens is 2. The third kappa shape index (κ3) is 4.16. The molecule has 1 heterocycles. The Bertz CT molecular complexity index is 928. The van der Waals surface area contributed by atoms with Crippen LogP contribution in [0.1, 0.15) is 29.6 Å². The van der Waals surface area contributed by atoms with Crippen molar-refractivity contribution in [3.8, 4) is 0 Å². The molecule has 1 amide bonds. The Kier molecular flexibility index (Phi) is 5.48. The Hall–Kier alpha value is -2.12. The first-order valence-electron chi connectivity index (χ1n) is 8.24. The zero-order valence-corrected chi connectivity index (χ0v) is 15.5. The van der Waals surface area contributed by atoms with Crippen molar-refractivity contribution >= 4 is 33.2 Å². The van der Waals surface area contributed by atoms with Crippen molar-refractivity contribution in [1.82, 2.24) is 4.90 Å². The molecule has 0 bridgehead atoms. The normalized spacial score (nSPS) is 14.9. The summed E-state index contributed by atoms with van der Waals surface area (Å²) in [5.74, 6) is -0.810. The minimum Gasteiger partial charge on any atom is -0.339 e. The molecular weight excluding hydrogens is 379 g/mol. The minimum atomic E-state index is -3.93. The van der Waals surface area contributed by atoms with E-state index >= 15 is 0 Å². The molecule has 5 nitrogen and oxygen atoms in total. The van der Waals surface area contributed by atoms with Gasteiger partial charge >= 0.3 is 0 Å². The predicted molar refractivity (Wildman–Crippen MR) is 98.4 cm³/mol. The van der Waals surface area contributed by atoms with Gasteiger partial charge in [0.25, 0.3) is 15.9 Å². The molecule has 0 spiro atoms. The van der Waals surface area contributed by atoms with Crippen LogP contribution in [0.2, 0.25) is 5.02 Å². The number of carbonyl (C=O) groups is 1. The largest absolute Gasteiger partial charge is 0.339 e. The number of rotatable bonds is 4. The highest BCUT2D eigenvalue weighted by Gasteiger charge is 2.21. The van der Waals surface area contributed by atoms with Crippen LogP contribution in [-0.2, 0) is 10.0 Å². The number of hydrogen-bond donors (Lipinski definition) is 1. The summed E-state index contributed by atoms with van der Waals surface area (Å²) >= 11 is 5.68. The fourth-order valence-electron chi connectivity index (χ4n) is 2.85. The van der Waals surface area contributed by atoms with E-state index in [2.05, 4.69) is 4.72 Å². The van der Waals surface area contributed by atoms with E-state index in [-0.39, 0.29) is 21.5 Å². The topological polar surface area (TPSA) is 66.5 Å². The van der Waals surface area contributed by atoms with Gasteiger partial charge in [0, 0.05) is 18.7 Å². The van der Waals surface area contributed by atoms with E-state index in [1.54, 1.807) is 11.0 Å². The van der Waals surface area contributed by atoms with Crippen LogP contribution in [0.15, 0.2) is 47.4 Å². The third-order valence-electron chi connectivity index (χ3n) is 4.21. The summed E-state index contributed by atoms with van der Waals surface area (Å²) in [4.78, 5) is 14.3. The first-order chi connectivity index (χ1) is 12.4. The highest BCUT2D eigenvalue weighted by Crippen LogP contribution is 2.23. The molecule has 0 radical (unpaired) electrons. The Balaban J connectivity index is 1.83. The summed E-state index contributed by atoms with van der Waals surface area (Å²) in [5.41, 5.74) is 0.469. The van der Waals surface area contributed by atoms with Gasteiger partial charge in [0.15, 0.2) is 0 Å². The van der Waals surface area contributed by atoms with Gasteiger partial charge in [-0.25, -0.2) is 12.8 Å². The molecule has 138 valence electrons. The lowest BCUT2D eigenvalue weighted by Gasteiger charge is -2.26. The van der Waals surface area contributed by atoms with Crippen LogP contribution in [0.3, 0.4) is 0 Å². The van der Waals surface area contributed by atoms with Crippen molar-refractivity contribution < 1.29 is 17.6 Å². The summed E-state index contributed by atoms with van der Waals surface area (Å²) in [6.07, 6.45) is 3.01. The number of likely N-dealkylation sites (tertiary alicyclic amines) is 1. The lowest BCUT2D eigenvalue weighted by atomic mass is 10.1. The molecule has 0 saturated carbocycles. The number of hydrogen-bond acceptors (Lipinski definition) is 3. The van der Waals surface area contributed by atoms with Crippen molar-refractivity contribution in [3.05, 3.63) is 58.9 Å². The third-order valence-corrected chi connectivity index (χ3v) is 5.87. The van der Waals surface area contributed by atoms with Crippen LogP contribution in [0, 0.1) is 5.82 Å². The van der Waals surface area contributed by atoms with Gasteiger partial charge < -0.3 is 4.90 Å². The molecule has 0 aromatic heterocycles. The number of amides is 1. The zero-order valence-electron chi connectivity index (χ0n) is 13.9. The lowest BCUT2D eigenvalue weighted by Crippen LogP contribution is -2.35. The van der Waals surface area contributed by atoms with Crippen molar-refractivity contribution in [1.29, 1.82) is 0 Å². The molecule has 1 aliphatic rings. The molecule has 0 aliphatic carbocycles. The van der Waals surface area contributed by atoms with Crippen LogP contribution in [0.5, 0.6) is 0 Å². The average molecular weight is 397 g/mol. The van der Waals surface area contributed by atoms with Gasteiger partial charge in [-0.15, -0.1) is 0 Å². The Morgan fingerprint density at radius 3 is 2.50 bits per heavy atom. The van der Waals surface area contributed by atoms with Gasteiger partial charge in [0.1, 0.15) is 5.82 Å². The number of nitrogens with one attached hydrogen (secondary N) is 1. The average Bonchev–Trinajstić information content (AvgIpc) is 2.65. The Morgan fingerprint density at radius 1 is 1.08 bits per heavy atom. The van der Waals surface area contributed by atoms with Crippen LogP contribution < -0.4 is 4.72 Å². The van der Waals surface area contributed by atoms with Crippen LogP contribution in [-0.4, -0.2) is 32.3 Å². The van der Waals surface area contributed by atoms with E-state index in [0.29, 0.717) is 18.7 Å². The first-order valence-corrected chi connectivity index (χ1v) is 10.1. The van der Waals surface area contributed by atoms with Crippen LogP contribution >= 0.6 is 11.6 Å². The number of sulfonamides is 1. The van der Waals surface area contributed by atoms with Crippen molar-refractivity contribution in [3.63, 3.8) is 0 Å². The molecule has 1 aliphatic heterocycles. The van der Waals surface area contributed by atoms with Crippen molar-refractivity contribution in [2.24, 2.45) is 0 Å². The second-order valence-corrected chi connectivity index (χ2v) is 8.20. The zero-order chi connectivity index (χ0) is 18.7.